The molecule has 1 aromatic carbocycles. The summed E-state index contributed by atoms with van der Waals surface area (Å²) in [5.74, 6) is 1.80. The second-order valence-corrected chi connectivity index (χ2v) is 6.05. The van der Waals surface area contributed by atoms with Crippen LogP contribution in [0.2, 0.25) is 0 Å². The number of amidine groups is 2. The van der Waals surface area contributed by atoms with Gasteiger partial charge < -0.3 is 10.0 Å². The number of rotatable bonds is 2. The van der Waals surface area contributed by atoms with Crippen LogP contribution in [0.3, 0.4) is 0 Å². The zero-order chi connectivity index (χ0) is 16.7. The molecule has 0 fully saturated rings. The van der Waals surface area contributed by atoms with Crippen molar-refractivity contribution in [3.63, 3.8) is 0 Å². The monoisotopic (exact) mass is 318 g/mol. The van der Waals surface area contributed by atoms with Crippen molar-refractivity contribution < 1.29 is 5.11 Å². The predicted octanol–water partition coefficient (Wildman–Crippen LogP) is 3.40. The Morgan fingerprint density at radius 1 is 1.25 bits per heavy atom. The second-order valence-electron chi connectivity index (χ2n) is 6.05. The first-order valence-electron chi connectivity index (χ1n) is 7.97. The Kier molecular flexibility index (Phi) is 3.41. The van der Waals surface area contributed by atoms with Gasteiger partial charge in [0.15, 0.2) is 0 Å². The molecular weight excluding hydrogens is 300 g/mol. The van der Waals surface area contributed by atoms with E-state index in [0.717, 1.165) is 30.2 Å². The molecule has 120 valence electrons. The maximum atomic E-state index is 10.4. The number of nitrogens with zero attached hydrogens (tertiary/aromatic N) is 4. The van der Waals surface area contributed by atoms with Crippen LogP contribution in [0.5, 0.6) is 0 Å². The lowest BCUT2D eigenvalue weighted by Crippen LogP contribution is -2.36. The number of aliphatic imine (C=N–C) groups is 2. The van der Waals surface area contributed by atoms with Gasteiger partial charge in [-0.3, -0.25) is 9.98 Å². The van der Waals surface area contributed by atoms with E-state index in [9.17, 15) is 5.11 Å². The molecule has 0 amide bonds. The molecule has 24 heavy (non-hydrogen) atoms. The van der Waals surface area contributed by atoms with Gasteiger partial charge in [0.05, 0.1) is 12.2 Å². The predicted molar refractivity (Wildman–Crippen MR) is 96.0 cm³/mol. The van der Waals surface area contributed by atoms with Crippen molar-refractivity contribution in [1.29, 1.82) is 0 Å². The molecule has 1 N–H and O–H groups in total. The quantitative estimate of drug-likeness (QED) is 0.863. The van der Waals surface area contributed by atoms with Crippen molar-refractivity contribution in [3.05, 3.63) is 65.0 Å². The minimum atomic E-state index is 0.153. The molecule has 0 spiro atoms. The molecule has 0 atom stereocenters. The number of pyridine rings is 1. The third kappa shape index (κ3) is 2.38. The van der Waals surface area contributed by atoms with Gasteiger partial charge >= 0.3 is 0 Å². The summed E-state index contributed by atoms with van der Waals surface area (Å²) < 4.78 is 0. The van der Waals surface area contributed by atoms with Gasteiger partial charge in [0.2, 0.25) is 0 Å². The van der Waals surface area contributed by atoms with Crippen LogP contribution in [0.1, 0.15) is 22.3 Å². The van der Waals surface area contributed by atoms with Crippen LogP contribution in [0, 0.1) is 13.8 Å². The van der Waals surface area contributed by atoms with Crippen LogP contribution in [-0.4, -0.2) is 39.8 Å². The molecule has 0 bridgehead atoms. The molecule has 5 nitrogen and oxygen atoms in total. The summed E-state index contributed by atoms with van der Waals surface area (Å²) in [5.41, 5.74) is 5.07. The molecule has 0 unspecified atom stereocenters. The third-order valence-electron chi connectivity index (χ3n) is 4.43. The minimum Gasteiger partial charge on any atom is -0.507 e. The Balaban J connectivity index is 1.82. The molecule has 3 heterocycles. The number of aliphatic hydroxyl groups excluding tert-OH is 1. The molecule has 0 saturated heterocycles. The number of fused-ring (bicyclic) bond motifs is 3. The summed E-state index contributed by atoms with van der Waals surface area (Å²) in [6.45, 7) is 5.69. The number of hydrogen-bond acceptors (Lipinski definition) is 5. The highest BCUT2D eigenvalue weighted by Gasteiger charge is 2.29. The van der Waals surface area contributed by atoms with Crippen molar-refractivity contribution >= 4 is 23.1 Å². The zero-order valence-electron chi connectivity index (χ0n) is 13.7. The van der Waals surface area contributed by atoms with Gasteiger partial charge in [0.25, 0.3) is 0 Å². The summed E-state index contributed by atoms with van der Waals surface area (Å²) in [6, 6.07) is 7.85. The van der Waals surface area contributed by atoms with Gasteiger partial charge in [-0.2, -0.15) is 0 Å². The highest BCUT2D eigenvalue weighted by Crippen LogP contribution is 2.32. The average molecular weight is 318 g/mol. The minimum absolute atomic E-state index is 0.153. The molecule has 2 aliphatic rings. The maximum absolute atomic E-state index is 10.4. The summed E-state index contributed by atoms with van der Waals surface area (Å²) in [6.07, 6.45) is 5.01. The van der Waals surface area contributed by atoms with Gasteiger partial charge in [-0.25, -0.2) is 4.99 Å². The summed E-state index contributed by atoms with van der Waals surface area (Å²) in [4.78, 5) is 15.5. The number of aliphatic hydroxyl groups is 1. The van der Waals surface area contributed by atoms with Crippen LogP contribution >= 0.6 is 0 Å². The van der Waals surface area contributed by atoms with E-state index < -0.39 is 0 Å². The van der Waals surface area contributed by atoms with Crippen LogP contribution in [0.15, 0.2) is 52.7 Å². The van der Waals surface area contributed by atoms with Crippen molar-refractivity contribution in [3.8, 4) is 0 Å². The third-order valence-corrected chi connectivity index (χ3v) is 4.43. The Labute approximate surface area is 140 Å². The van der Waals surface area contributed by atoms with Gasteiger partial charge in [-0.05, 0) is 49.2 Å². The van der Waals surface area contributed by atoms with E-state index in [2.05, 4.69) is 40.9 Å². The summed E-state index contributed by atoms with van der Waals surface area (Å²) in [7, 11) is 0. The van der Waals surface area contributed by atoms with Crippen molar-refractivity contribution in [2.75, 3.05) is 13.1 Å². The van der Waals surface area contributed by atoms with Gasteiger partial charge in [0, 0.05) is 36.1 Å². The van der Waals surface area contributed by atoms with E-state index in [0.29, 0.717) is 11.4 Å². The standard InChI is InChI=1S/C19H18N4O/c1-12-8-15-16(9-13(12)2)22-18(23-7-6-21-19(15)23)10-17(24)14-4-3-5-20-11-14/h3-5,8-11,24H,6-7H2,1-2H3/b17-10-. The van der Waals surface area contributed by atoms with Crippen LogP contribution in [0.4, 0.5) is 5.69 Å². The lowest BCUT2D eigenvalue weighted by atomic mass is 10.0. The highest BCUT2D eigenvalue weighted by atomic mass is 16.3. The van der Waals surface area contributed by atoms with Gasteiger partial charge in [0.1, 0.15) is 17.4 Å². The highest BCUT2D eigenvalue weighted by molar-refractivity contribution is 6.20. The number of aryl methyl sites for hydroxylation is 2. The Morgan fingerprint density at radius 2 is 2.08 bits per heavy atom. The first-order chi connectivity index (χ1) is 11.6. The van der Waals surface area contributed by atoms with Gasteiger partial charge in [-0.1, -0.05) is 0 Å². The largest absolute Gasteiger partial charge is 0.507 e. The van der Waals surface area contributed by atoms with Crippen molar-refractivity contribution in [2.24, 2.45) is 9.98 Å². The first-order valence-corrected chi connectivity index (χ1v) is 7.97. The van der Waals surface area contributed by atoms with E-state index in [-0.39, 0.29) is 5.76 Å². The fourth-order valence-corrected chi connectivity index (χ4v) is 2.99. The summed E-state index contributed by atoms with van der Waals surface area (Å²) >= 11 is 0. The molecule has 2 aromatic rings. The van der Waals surface area contributed by atoms with E-state index in [1.54, 1.807) is 24.5 Å². The van der Waals surface area contributed by atoms with E-state index >= 15 is 0 Å². The fraction of sp³-hybridized carbons (Fsp3) is 0.211. The molecule has 5 heteroatoms. The van der Waals surface area contributed by atoms with Crippen LogP contribution < -0.4 is 0 Å². The summed E-state index contributed by atoms with van der Waals surface area (Å²) in [5, 5.41) is 10.4. The maximum Gasteiger partial charge on any atom is 0.138 e. The number of benzene rings is 1. The lowest BCUT2D eigenvalue weighted by Gasteiger charge is -2.26. The second kappa shape index (κ2) is 5.60. The van der Waals surface area contributed by atoms with Crippen molar-refractivity contribution in [2.45, 2.75) is 13.8 Å². The Hall–Kier alpha value is -2.95. The topological polar surface area (TPSA) is 61.1 Å². The average Bonchev–Trinajstić information content (AvgIpc) is 3.08. The molecule has 2 aliphatic heterocycles. The molecule has 4 rings (SSSR count). The SMILES string of the molecule is Cc1cc2c(cc1C)C1=NCCN1C(/C=C(\O)c1cccnc1)=N2. The van der Waals surface area contributed by atoms with Crippen LogP contribution in [-0.2, 0) is 0 Å². The molecule has 0 aliphatic carbocycles. The van der Waals surface area contributed by atoms with Gasteiger partial charge in [-0.15, -0.1) is 0 Å². The molecule has 1 aromatic heterocycles. The van der Waals surface area contributed by atoms with E-state index in [1.807, 2.05) is 6.07 Å². The lowest BCUT2D eigenvalue weighted by molar-refractivity contribution is 0.511. The molecule has 0 saturated carbocycles. The normalized spacial score (nSPS) is 16.4. The van der Waals surface area contributed by atoms with Crippen molar-refractivity contribution in [1.82, 2.24) is 9.88 Å². The molecule has 0 radical (unpaired) electrons. The smallest absolute Gasteiger partial charge is 0.138 e. The number of hydrogen-bond donors (Lipinski definition) is 1. The van der Waals surface area contributed by atoms with Crippen LogP contribution in [0.25, 0.3) is 5.76 Å². The molecular formula is C19H18N4O. The first kappa shape index (κ1) is 14.6. The number of aromatic nitrogens is 1. The Morgan fingerprint density at radius 3 is 2.88 bits per heavy atom. The Bertz CT molecular complexity index is 897. The fourth-order valence-electron chi connectivity index (χ4n) is 2.99. The zero-order valence-corrected chi connectivity index (χ0v) is 13.7. The van der Waals surface area contributed by atoms with E-state index in [1.165, 1.54) is 11.1 Å². The van der Waals surface area contributed by atoms with E-state index in [4.69, 9.17) is 4.99 Å².